The first kappa shape index (κ1) is 15.5. The number of amides is 1. The number of carbonyl (C=O) groups excluding carboxylic acids is 1. The van der Waals surface area contributed by atoms with E-state index in [1.807, 2.05) is 13.8 Å². The lowest BCUT2D eigenvalue weighted by Crippen LogP contribution is -2.34. The molecule has 2 aromatic rings. The fourth-order valence-corrected chi connectivity index (χ4v) is 3.65. The Balaban J connectivity index is 2.09. The first-order valence-electron chi connectivity index (χ1n) is 6.88. The van der Waals surface area contributed by atoms with Gasteiger partial charge in [-0.05, 0) is 24.5 Å². The summed E-state index contributed by atoms with van der Waals surface area (Å²) < 4.78 is 27.8. The second-order valence-electron chi connectivity index (χ2n) is 5.25. The minimum Gasteiger partial charge on any atom is -0.306 e. The lowest BCUT2D eigenvalue weighted by atomic mass is 10.1. The van der Waals surface area contributed by atoms with Gasteiger partial charge in [0.25, 0.3) is 5.91 Å². The number of rotatable bonds is 6. The Morgan fingerprint density at radius 3 is 2.95 bits per heavy atom. The topological polar surface area (TPSA) is 80.5 Å². The van der Waals surface area contributed by atoms with Crippen LogP contribution in [0.1, 0.15) is 37.0 Å². The van der Waals surface area contributed by atoms with Crippen molar-refractivity contribution in [1.82, 2.24) is 14.1 Å². The van der Waals surface area contributed by atoms with Crippen LogP contribution in [0.3, 0.4) is 0 Å². The first-order chi connectivity index (χ1) is 9.91. The molecule has 0 bridgehead atoms. The van der Waals surface area contributed by atoms with Gasteiger partial charge in [0.2, 0.25) is 10.0 Å². The fraction of sp³-hybridized carbons (Fsp3) is 0.429. The Labute approximate surface area is 124 Å². The summed E-state index contributed by atoms with van der Waals surface area (Å²) in [6.45, 7) is 3.87. The molecule has 0 aliphatic heterocycles. The molecule has 2 aromatic heterocycles. The summed E-state index contributed by atoms with van der Waals surface area (Å²) in [5.41, 5.74) is 1.04. The Bertz CT molecular complexity index is 737. The average Bonchev–Trinajstić information content (AvgIpc) is 2.84. The maximum absolute atomic E-state index is 12.0. The smallest absolute Gasteiger partial charge is 0.264 e. The Morgan fingerprint density at radius 1 is 1.48 bits per heavy atom. The fourth-order valence-electron chi connectivity index (χ4n) is 2.25. The highest BCUT2D eigenvalue weighted by molar-refractivity contribution is 7.90. The highest BCUT2D eigenvalue weighted by atomic mass is 32.2. The third-order valence-electron chi connectivity index (χ3n) is 3.21. The van der Waals surface area contributed by atoms with Crippen molar-refractivity contribution in [2.45, 2.75) is 26.7 Å². The largest absolute Gasteiger partial charge is 0.306 e. The quantitative estimate of drug-likeness (QED) is 0.882. The molecule has 0 saturated heterocycles. The summed E-state index contributed by atoms with van der Waals surface area (Å²) in [5.74, 6) is -0.623. The van der Waals surface area contributed by atoms with Crippen molar-refractivity contribution in [2.75, 3.05) is 5.75 Å². The number of nitrogens with one attached hydrogen (secondary N) is 1. The normalized spacial score (nSPS) is 13.2. The number of hydrogen-bond donors (Lipinski definition) is 1. The standard InChI is InChI=1S/C14H19N3O3S/c1-3-4-11(2)9-21(19,20)16-14(18)12-5-6-17-10-15-8-13(17)7-12/h5-8,10-11H,3-4,9H2,1-2H3,(H,16,18). The SMILES string of the molecule is CCCC(C)CS(=O)(=O)NC(=O)c1ccn2cncc2c1. The predicted octanol–water partition coefficient (Wildman–Crippen LogP) is 1.83. The Kier molecular flexibility index (Phi) is 4.62. The number of pyridine rings is 1. The molecule has 0 aliphatic rings. The van der Waals surface area contributed by atoms with E-state index in [0.717, 1.165) is 18.4 Å². The van der Waals surface area contributed by atoms with E-state index in [1.54, 1.807) is 35.3 Å². The second kappa shape index (κ2) is 6.26. The van der Waals surface area contributed by atoms with Gasteiger partial charge in [-0.15, -0.1) is 0 Å². The summed E-state index contributed by atoms with van der Waals surface area (Å²) in [6, 6.07) is 3.17. The summed E-state index contributed by atoms with van der Waals surface area (Å²) in [4.78, 5) is 16.0. The van der Waals surface area contributed by atoms with Crippen LogP contribution >= 0.6 is 0 Å². The molecule has 0 aromatic carbocycles. The van der Waals surface area contributed by atoms with Gasteiger partial charge in [-0.2, -0.15) is 0 Å². The van der Waals surface area contributed by atoms with Gasteiger partial charge in [-0.1, -0.05) is 20.3 Å². The molecule has 0 fully saturated rings. The van der Waals surface area contributed by atoms with Crippen molar-refractivity contribution in [1.29, 1.82) is 0 Å². The monoisotopic (exact) mass is 309 g/mol. The molecule has 1 N–H and O–H groups in total. The summed E-state index contributed by atoms with van der Waals surface area (Å²) in [7, 11) is -3.61. The number of hydrogen-bond acceptors (Lipinski definition) is 4. The van der Waals surface area contributed by atoms with Crippen molar-refractivity contribution >= 4 is 21.4 Å². The molecule has 0 spiro atoms. The van der Waals surface area contributed by atoms with E-state index < -0.39 is 15.9 Å². The zero-order chi connectivity index (χ0) is 15.5. The molecule has 1 atom stereocenters. The van der Waals surface area contributed by atoms with Crippen LogP contribution in [0.5, 0.6) is 0 Å². The number of fused-ring (bicyclic) bond motifs is 1. The van der Waals surface area contributed by atoms with E-state index in [2.05, 4.69) is 9.71 Å². The summed E-state index contributed by atoms with van der Waals surface area (Å²) >= 11 is 0. The number of sulfonamides is 1. The van der Waals surface area contributed by atoms with Crippen LogP contribution in [-0.2, 0) is 10.0 Å². The molecule has 1 unspecified atom stereocenters. The molecule has 21 heavy (non-hydrogen) atoms. The third-order valence-corrected chi connectivity index (χ3v) is 4.71. The summed E-state index contributed by atoms with van der Waals surface area (Å²) in [5, 5.41) is 0. The zero-order valence-corrected chi connectivity index (χ0v) is 12.9. The highest BCUT2D eigenvalue weighted by Crippen LogP contribution is 2.10. The number of nitrogens with zero attached hydrogens (tertiary/aromatic N) is 2. The van der Waals surface area contributed by atoms with E-state index in [1.165, 1.54) is 0 Å². The molecule has 2 rings (SSSR count). The van der Waals surface area contributed by atoms with Crippen LogP contribution in [0.4, 0.5) is 0 Å². The molecular weight excluding hydrogens is 290 g/mol. The van der Waals surface area contributed by atoms with Crippen LogP contribution in [0.15, 0.2) is 30.9 Å². The van der Waals surface area contributed by atoms with Gasteiger partial charge in [0.15, 0.2) is 0 Å². The number of carbonyl (C=O) groups is 1. The maximum Gasteiger partial charge on any atom is 0.264 e. The van der Waals surface area contributed by atoms with Crippen molar-refractivity contribution in [3.63, 3.8) is 0 Å². The van der Waals surface area contributed by atoms with Crippen molar-refractivity contribution < 1.29 is 13.2 Å². The number of aromatic nitrogens is 2. The molecule has 0 radical (unpaired) electrons. The third kappa shape index (κ3) is 4.04. The molecule has 1 amide bonds. The van der Waals surface area contributed by atoms with Gasteiger partial charge in [0.05, 0.1) is 23.8 Å². The first-order valence-corrected chi connectivity index (χ1v) is 8.53. The Hall–Kier alpha value is -1.89. The predicted molar refractivity (Wildman–Crippen MR) is 80.5 cm³/mol. The number of imidazole rings is 1. The molecule has 7 heteroatoms. The zero-order valence-electron chi connectivity index (χ0n) is 12.1. The molecule has 2 heterocycles. The Morgan fingerprint density at radius 2 is 2.24 bits per heavy atom. The van der Waals surface area contributed by atoms with E-state index in [4.69, 9.17) is 0 Å². The van der Waals surface area contributed by atoms with Crippen molar-refractivity contribution in [3.05, 3.63) is 36.4 Å². The van der Waals surface area contributed by atoms with Crippen LogP contribution < -0.4 is 4.72 Å². The van der Waals surface area contributed by atoms with E-state index in [9.17, 15) is 13.2 Å². The van der Waals surface area contributed by atoms with Gasteiger partial charge >= 0.3 is 0 Å². The second-order valence-corrected chi connectivity index (χ2v) is 7.01. The minimum absolute atomic E-state index is 0.0256. The minimum atomic E-state index is -3.61. The van der Waals surface area contributed by atoms with Crippen LogP contribution in [0.2, 0.25) is 0 Å². The van der Waals surface area contributed by atoms with Gasteiger partial charge in [0.1, 0.15) is 0 Å². The maximum atomic E-state index is 12.0. The van der Waals surface area contributed by atoms with Gasteiger partial charge in [-0.3, -0.25) is 4.79 Å². The highest BCUT2D eigenvalue weighted by Gasteiger charge is 2.19. The van der Waals surface area contributed by atoms with Gasteiger partial charge in [0, 0.05) is 11.8 Å². The average molecular weight is 309 g/mol. The molecule has 114 valence electrons. The van der Waals surface area contributed by atoms with E-state index in [-0.39, 0.29) is 11.7 Å². The van der Waals surface area contributed by atoms with Crippen molar-refractivity contribution in [2.24, 2.45) is 5.92 Å². The molecule has 0 saturated carbocycles. The van der Waals surface area contributed by atoms with Crippen molar-refractivity contribution in [3.8, 4) is 0 Å². The van der Waals surface area contributed by atoms with Crippen LogP contribution in [0, 0.1) is 5.92 Å². The summed E-state index contributed by atoms with van der Waals surface area (Å²) in [6.07, 6.45) is 6.62. The molecule has 6 nitrogen and oxygen atoms in total. The van der Waals surface area contributed by atoms with E-state index in [0.29, 0.717) is 5.56 Å². The lowest BCUT2D eigenvalue weighted by molar-refractivity contribution is 0.0981. The molecular formula is C14H19N3O3S. The van der Waals surface area contributed by atoms with Crippen LogP contribution in [-0.4, -0.2) is 29.5 Å². The lowest BCUT2D eigenvalue weighted by Gasteiger charge is -2.11. The van der Waals surface area contributed by atoms with E-state index >= 15 is 0 Å². The molecule has 0 aliphatic carbocycles. The van der Waals surface area contributed by atoms with Crippen LogP contribution in [0.25, 0.3) is 5.52 Å². The van der Waals surface area contributed by atoms with Gasteiger partial charge < -0.3 is 4.40 Å². The van der Waals surface area contributed by atoms with Gasteiger partial charge in [-0.25, -0.2) is 18.1 Å².